The highest BCUT2D eigenvalue weighted by Gasteiger charge is 1.95. The maximum atomic E-state index is 8.74. The van der Waals surface area contributed by atoms with Crippen LogP contribution in [0, 0.1) is 0 Å². The summed E-state index contributed by atoms with van der Waals surface area (Å²) in [5.74, 6) is 0. The second kappa shape index (κ2) is 39.9. The predicted octanol–water partition coefficient (Wildman–Crippen LogP) is 10.3. The number of unbranched alkanes of at least 4 members (excludes halogenated alkanes) is 26. The molecule has 0 amide bonds. The van der Waals surface area contributed by atoms with Crippen LogP contribution in [0.2, 0.25) is 0 Å². The summed E-state index contributed by atoms with van der Waals surface area (Å²) in [5.41, 5.74) is 0. The SMILES string of the molecule is CCCCCCCCCCCCCCCCO.CCCCCCCCCCCCCCCCO.O=S(=O)(O)O. The van der Waals surface area contributed by atoms with Crippen molar-refractivity contribution in [1.29, 1.82) is 0 Å². The molecule has 0 aromatic heterocycles. The minimum atomic E-state index is -4.67. The van der Waals surface area contributed by atoms with Crippen LogP contribution in [-0.4, -0.2) is 41.0 Å². The summed E-state index contributed by atoms with van der Waals surface area (Å²) in [5, 5.41) is 17.3. The zero-order valence-corrected chi connectivity index (χ0v) is 27.0. The maximum absolute atomic E-state index is 8.74. The number of aliphatic hydroxyl groups excluding tert-OH is 2. The topological polar surface area (TPSA) is 115 Å². The van der Waals surface area contributed by atoms with Crippen molar-refractivity contribution in [1.82, 2.24) is 0 Å². The van der Waals surface area contributed by atoms with Crippen LogP contribution in [0.25, 0.3) is 0 Å². The molecule has 0 radical (unpaired) electrons. The fourth-order valence-electron chi connectivity index (χ4n) is 4.61. The van der Waals surface area contributed by atoms with Gasteiger partial charge in [-0.2, -0.15) is 8.42 Å². The van der Waals surface area contributed by atoms with Crippen molar-refractivity contribution in [3.05, 3.63) is 0 Å². The van der Waals surface area contributed by atoms with Crippen LogP contribution in [0.3, 0.4) is 0 Å². The average molecular weight is 583 g/mol. The van der Waals surface area contributed by atoms with E-state index in [4.69, 9.17) is 27.7 Å². The maximum Gasteiger partial charge on any atom is 0.394 e. The first-order valence-electron chi connectivity index (χ1n) is 16.7. The smallest absolute Gasteiger partial charge is 0.394 e. The van der Waals surface area contributed by atoms with E-state index in [-0.39, 0.29) is 0 Å². The molecule has 4 N–H and O–H groups in total. The average Bonchev–Trinajstić information content (AvgIpc) is 2.89. The summed E-state index contributed by atoms with van der Waals surface area (Å²) in [4.78, 5) is 0. The monoisotopic (exact) mass is 582 g/mol. The molecule has 0 aromatic rings. The van der Waals surface area contributed by atoms with Gasteiger partial charge in [-0.1, -0.05) is 181 Å². The molecule has 7 heteroatoms. The number of aliphatic hydroxyl groups is 2. The minimum Gasteiger partial charge on any atom is -0.396 e. The highest BCUT2D eigenvalue weighted by molar-refractivity contribution is 7.79. The molecule has 0 aliphatic rings. The Hall–Kier alpha value is -0.210. The molecule has 0 atom stereocenters. The second-order valence-corrected chi connectivity index (χ2v) is 12.0. The van der Waals surface area contributed by atoms with Crippen molar-refractivity contribution in [2.75, 3.05) is 13.2 Å². The van der Waals surface area contributed by atoms with Crippen molar-refractivity contribution < 1.29 is 27.7 Å². The van der Waals surface area contributed by atoms with E-state index in [1.165, 1.54) is 167 Å². The molecule has 0 saturated heterocycles. The fourth-order valence-corrected chi connectivity index (χ4v) is 4.61. The van der Waals surface area contributed by atoms with Crippen molar-refractivity contribution >= 4 is 10.4 Å². The van der Waals surface area contributed by atoms with E-state index < -0.39 is 10.4 Å². The van der Waals surface area contributed by atoms with E-state index in [2.05, 4.69) is 13.8 Å². The molecule has 0 aliphatic heterocycles. The Morgan fingerprint density at radius 2 is 0.462 bits per heavy atom. The molecule has 0 fully saturated rings. The van der Waals surface area contributed by atoms with Crippen LogP contribution >= 0.6 is 0 Å². The third kappa shape index (κ3) is 62.7. The molecule has 0 aromatic carbocycles. The van der Waals surface area contributed by atoms with Gasteiger partial charge in [-0.05, 0) is 12.8 Å². The van der Waals surface area contributed by atoms with Crippen LogP contribution in [-0.2, 0) is 10.4 Å². The normalized spacial score (nSPS) is 11.0. The third-order valence-electron chi connectivity index (χ3n) is 7.02. The zero-order chi connectivity index (χ0) is 29.7. The predicted molar refractivity (Wildman–Crippen MR) is 169 cm³/mol. The van der Waals surface area contributed by atoms with Gasteiger partial charge in [0.2, 0.25) is 0 Å². The molecule has 39 heavy (non-hydrogen) atoms. The second-order valence-electron chi connectivity index (χ2n) is 11.1. The first kappa shape index (κ1) is 43.2. The molecule has 0 heterocycles. The van der Waals surface area contributed by atoms with Crippen LogP contribution in [0.5, 0.6) is 0 Å². The van der Waals surface area contributed by atoms with Gasteiger partial charge >= 0.3 is 10.4 Å². The largest absolute Gasteiger partial charge is 0.396 e. The van der Waals surface area contributed by atoms with Crippen molar-refractivity contribution in [2.24, 2.45) is 0 Å². The Morgan fingerprint density at radius 3 is 0.590 bits per heavy atom. The highest BCUT2D eigenvalue weighted by atomic mass is 32.3. The number of rotatable bonds is 28. The van der Waals surface area contributed by atoms with Crippen LogP contribution in [0.4, 0.5) is 0 Å². The Kier molecular flexibility index (Phi) is 44.3. The van der Waals surface area contributed by atoms with Gasteiger partial charge in [0.15, 0.2) is 0 Å². The summed E-state index contributed by atoms with van der Waals surface area (Å²) < 4.78 is 31.6. The lowest BCUT2D eigenvalue weighted by atomic mass is 10.0. The van der Waals surface area contributed by atoms with Crippen LogP contribution < -0.4 is 0 Å². The van der Waals surface area contributed by atoms with E-state index in [0.717, 1.165) is 12.8 Å². The first-order valence-corrected chi connectivity index (χ1v) is 18.1. The third-order valence-corrected chi connectivity index (χ3v) is 7.02. The summed E-state index contributed by atoms with van der Waals surface area (Å²) in [7, 11) is -4.67. The van der Waals surface area contributed by atoms with Gasteiger partial charge < -0.3 is 10.2 Å². The Morgan fingerprint density at radius 1 is 0.333 bits per heavy atom. The van der Waals surface area contributed by atoms with Gasteiger partial charge in [-0.25, -0.2) is 0 Å². The standard InChI is InChI=1S/2C16H34O.H2O4S/c2*1-2-3-4-5-6-7-8-9-10-11-12-13-14-15-16-17;1-5(2,3)4/h2*17H,2-16H2,1H3;(H2,1,2,3,4). The summed E-state index contributed by atoms with van der Waals surface area (Å²) in [6, 6.07) is 0. The Balaban J connectivity index is -0.000000566. The fraction of sp³-hybridized carbons (Fsp3) is 1.00. The lowest BCUT2D eigenvalue weighted by Crippen LogP contribution is -1.89. The molecule has 0 spiro atoms. The van der Waals surface area contributed by atoms with Gasteiger partial charge in [0, 0.05) is 13.2 Å². The Bertz CT molecular complexity index is 433. The van der Waals surface area contributed by atoms with Gasteiger partial charge in [0.05, 0.1) is 0 Å². The summed E-state index contributed by atoms with van der Waals surface area (Å²) >= 11 is 0. The van der Waals surface area contributed by atoms with E-state index in [1.807, 2.05) is 0 Å². The molecule has 240 valence electrons. The highest BCUT2D eigenvalue weighted by Crippen LogP contribution is 2.14. The number of hydrogen-bond donors (Lipinski definition) is 4. The zero-order valence-electron chi connectivity index (χ0n) is 26.2. The molecule has 0 unspecified atom stereocenters. The van der Waals surface area contributed by atoms with Crippen LogP contribution in [0.15, 0.2) is 0 Å². The van der Waals surface area contributed by atoms with Gasteiger partial charge in [-0.15, -0.1) is 0 Å². The first-order chi connectivity index (χ1) is 18.8. The van der Waals surface area contributed by atoms with Crippen molar-refractivity contribution in [3.8, 4) is 0 Å². The van der Waals surface area contributed by atoms with E-state index in [1.54, 1.807) is 0 Å². The molecule has 0 rings (SSSR count). The molecular weight excluding hydrogens is 512 g/mol. The summed E-state index contributed by atoms with van der Waals surface area (Å²) in [6.45, 7) is 5.30. The molecule has 0 saturated carbocycles. The minimum absolute atomic E-state index is 0.373. The lowest BCUT2D eigenvalue weighted by molar-refractivity contribution is 0.282. The lowest BCUT2D eigenvalue weighted by Gasteiger charge is -2.02. The quantitative estimate of drug-likeness (QED) is 0.0539. The molecular formula is C32H70O6S. The van der Waals surface area contributed by atoms with E-state index >= 15 is 0 Å². The van der Waals surface area contributed by atoms with Gasteiger partial charge in [0.25, 0.3) is 0 Å². The Labute approximate surface area is 244 Å². The molecule has 0 bridgehead atoms. The molecule has 6 nitrogen and oxygen atoms in total. The van der Waals surface area contributed by atoms with Crippen molar-refractivity contribution in [2.45, 2.75) is 194 Å². The van der Waals surface area contributed by atoms with E-state index in [0.29, 0.717) is 13.2 Å². The van der Waals surface area contributed by atoms with Crippen LogP contribution in [0.1, 0.15) is 194 Å². The van der Waals surface area contributed by atoms with Gasteiger partial charge in [-0.3, -0.25) is 9.11 Å². The van der Waals surface area contributed by atoms with E-state index in [9.17, 15) is 0 Å². The van der Waals surface area contributed by atoms with Crippen molar-refractivity contribution in [3.63, 3.8) is 0 Å². The molecule has 0 aliphatic carbocycles. The summed E-state index contributed by atoms with van der Waals surface area (Å²) in [6.07, 6.45) is 38.4. The van der Waals surface area contributed by atoms with Gasteiger partial charge in [0.1, 0.15) is 0 Å². The number of hydrogen-bond acceptors (Lipinski definition) is 4.